The van der Waals surface area contributed by atoms with Crippen LogP contribution >= 0.6 is 0 Å². The van der Waals surface area contributed by atoms with E-state index >= 15 is 0 Å². The second kappa shape index (κ2) is 8.33. The largest absolute Gasteiger partial charge is 0.481 e. The van der Waals surface area contributed by atoms with E-state index in [1.807, 2.05) is 30.3 Å². The molecule has 0 fully saturated rings. The topological polar surface area (TPSA) is 88.0 Å². The molecule has 2 rings (SSSR count). The number of nitrogens with one attached hydrogen (secondary N) is 1. The van der Waals surface area contributed by atoms with Crippen molar-refractivity contribution in [1.82, 2.24) is 5.43 Å². The summed E-state index contributed by atoms with van der Waals surface area (Å²) in [6, 6.07) is 16.2. The highest BCUT2D eigenvalue weighted by atomic mass is 16.6. The zero-order valence-corrected chi connectivity index (χ0v) is 12.3. The molecular weight excluding hydrogens is 296 g/mol. The third-order valence-corrected chi connectivity index (χ3v) is 2.92. The first-order valence-corrected chi connectivity index (χ1v) is 6.94. The number of hydrogen-bond acceptors (Lipinski definition) is 4. The number of ether oxygens (including phenoxy) is 1. The van der Waals surface area contributed by atoms with E-state index in [2.05, 4.69) is 10.5 Å². The van der Waals surface area contributed by atoms with Crippen molar-refractivity contribution in [3.8, 4) is 0 Å². The molecule has 118 valence electrons. The molecule has 0 spiro atoms. The van der Waals surface area contributed by atoms with E-state index < -0.39 is 12.1 Å². The number of carbonyl (C=O) groups excluding carboxylic acids is 1. The first kappa shape index (κ1) is 16.2. The molecule has 2 aromatic carbocycles. The number of aliphatic carboxylic acids is 1. The maximum absolute atomic E-state index is 11.5. The first-order valence-electron chi connectivity index (χ1n) is 6.94. The van der Waals surface area contributed by atoms with Crippen LogP contribution in [-0.4, -0.2) is 23.4 Å². The molecule has 0 aliphatic rings. The molecule has 2 N–H and O–H groups in total. The average Bonchev–Trinajstić information content (AvgIpc) is 2.55. The minimum Gasteiger partial charge on any atom is -0.481 e. The van der Waals surface area contributed by atoms with Gasteiger partial charge < -0.3 is 9.84 Å². The highest BCUT2D eigenvalue weighted by molar-refractivity contribution is 5.81. The van der Waals surface area contributed by atoms with Crippen molar-refractivity contribution in [1.29, 1.82) is 0 Å². The molecule has 0 bridgehead atoms. The number of carboxylic acid groups (broad SMARTS) is 1. The molecule has 2 aromatic rings. The number of nitrogens with zero attached hydrogens (tertiary/aromatic N) is 1. The van der Waals surface area contributed by atoms with Gasteiger partial charge in [0.05, 0.1) is 12.6 Å². The zero-order valence-electron chi connectivity index (χ0n) is 12.3. The lowest BCUT2D eigenvalue weighted by Gasteiger charge is -2.03. The van der Waals surface area contributed by atoms with Crippen LogP contribution in [0.3, 0.4) is 0 Å². The molecule has 23 heavy (non-hydrogen) atoms. The Morgan fingerprint density at radius 3 is 2.39 bits per heavy atom. The minimum absolute atomic E-state index is 0.0263. The number of rotatable bonds is 6. The Morgan fingerprint density at radius 2 is 1.74 bits per heavy atom. The van der Waals surface area contributed by atoms with Gasteiger partial charge in [-0.3, -0.25) is 4.79 Å². The summed E-state index contributed by atoms with van der Waals surface area (Å²) in [4.78, 5) is 22.0. The molecule has 6 nitrogen and oxygen atoms in total. The lowest BCUT2D eigenvalue weighted by Crippen LogP contribution is -2.18. The summed E-state index contributed by atoms with van der Waals surface area (Å²) in [7, 11) is 0. The lowest BCUT2D eigenvalue weighted by atomic mass is 10.1. The molecule has 1 amide bonds. The Balaban J connectivity index is 1.77. The summed E-state index contributed by atoms with van der Waals surface area (Å²) in [5, 5.41) is 12.5. The van der Waals surface area contributed by atoms with Gasteiger partial charge in [-0.25, -0.2) is 10.2 Å². The monoisotopic (exact) mass is 312 g/mol. The molecule has 0 saturated carbocycles. The number of benzene rings is 2. The molecule has 0 atom stereocenters. The summed E-state index contributed by atoms with van der Waals surface area (Å²) >= 11 is 0. The van der Waals surface area contributed by atoms with Crippen molar-refractivity contribution in [2.75, 3.05) is 0 Å². The molecule has 0 heterocycles. The first-order chi connectivity index (χ1) is 11.1. The van der Waals surface area contributed by atoms with E-state index in [0.29, 0.717) is 5.56 Å². The fourth-order valence-corrected chi connectivity index (χ4v) is 1.81. The Hall–Kier alpha value is -3.15. The Morgan fingerprint density at radius 1 is 1.04 bits per heavy atom. The van der Waals surface area contributed by atoms with Crippen LogP contribution in [0.1, 0.15) is 16.7 Å². The summed E-state index contributed by atoms with van der Waals surface area (Å²) < 4.78 is 5.00. The summed E-state index contributed by atoms with van der Waals surface area (Å²) in [6.07, 6.45) is 0.781. The Bertz CT molecular complexity index is 681. The summed E-state index contributed by atoms with van der Waals surface area (Å²) in [5.74, 6) is -0.880. The van der Waals surface area contributed by atoms with Crippen molar-refractivity contribution in [2.45, 2.75) is 13.0 Å². The van der Waals surface area contributed by atoms with E-state index in [1.54, 1.807) is 24.3 Å². The van der Waals surface area contributed by atoms with Gasteiger partial charge >= 0.3 is 12.1 Å². The number of hydrogen-bond donors (Lipinski definition) is 2. The fourth-order valence-electron chi connectivity index (χ4n) is 1.81. The normalized spacial score (nSPS) is 10.4. The van der Waals surface area contributed by atoms with Gasteiger partial charge in [0.1, 0.15) is 6.61 Å². The third-order valence-electron chi connectivity index (χ3n) is 2.92. The van der Waals surface area contributed by atoms with Gasteiger partial charge in [0.25, 0.3) is 0 Å². The highest BCUT2D eigenvalue weighted by Crippen LogP contribution is 2.03. The van der Waals surface area contributed by atoms with Crippen LogP contribution in [0.15, 0.2) is 59.7 Å². The van der Waals surface area contributed by atoms with E-state index in [0.717, 1.165) is 11.1 Å². The van der Waals surface area contributed by atoms with Crippen LogP contribution in [0.25, 0.3) is 0 Å². The number of amides is 1. The molecule has 0 aliphatic heterocycles. The van der Waals surface area contributed by atoms with Crippen molar-refractivity contribution >= 4 is 18.3 Å². The van der Waals surface area contributed by atoms with Crippen LogP contribution in [0.5, 0.6) is 0 Å². The predicted molar refractivity (Wildman–Crippen MR) is 85.1 cm³/mol. The van der Waals surface area contributed by atoms with E-state index in [-0.39, 0.29) is 13.0 Å². The highest BCUT2D eigenvalue weighted by Gasteiger charge is 2.01. The van der Waals surface area contributed by atoms with Gasteiger partial charge in [0, 0.05) is 0 Å². The summed E-state index contributed by atoms with van der Waals surface area (Å²) in [6.45, 7) is 0.173. The zero-order chi connectivity index (χ0) is 16.5. The Kier molecular flexibility index (Phi) is 5.88. The van der Waals surface area contributed by atoms with Gasteiger partial charge in [-0.2, -0.15) is 5.10 Å². The van der Waals surface area contributed by atoms with Crippen LogP contribution < -0.4 is 5.43 Å². The maximum Gasteiger partial charge on any atom is 0.428 e. The molecule has 0 saturated heterocycles. The van der Waals surface area contributed by atoms with Crippen LogP contribution in [0.2, 0.25) is 0 Å². The number of carbonyl (C=O) groups is 2. The van der Waals surface area contributed by atoms with Crippen LogP contribution in [-0.2, 0) is 22.6 Å². The van der Waals surface area contributed by atoms with Crippen LogP contribution in [0, 0.1) is 0 Å². The van der Waals surface area contributed by atoms with Gasteiger partial charge in [-0.15, -0.1) is 0 Å². The van der Waals surface area contributed by atoms with Gasteiger partial charge in [0.15, 0.2) is 0 Å². The van der Waals surface area contributed by atoms with Crippen molar-refractivity contribution < 1.29 is 19.4 Å². The van der Waals surface area contributed by atoms with Gasteiger partial charge in [-0.1, -0.05) is 54.6 Å². The summed E-state index contributed by atoms with van der Waals surface area (Å²) in [5.41, 5.74) is 4.59. The Labute approximate surface area is 133 Å². The minimum atomic E-state index is -0.880. The van der Waals surface area contributed by atoms with Crippen molar-refractivity contribution in [3.63, 3.8) is 0 Å². The van der Waals surface area contributed by atoms with E-state index in [4.69, 9.17) is 9.84 Å². The molecule has 0 aromatic heterocycles. The molecule has 6 heteroatoms. The van der Waals surface area contributed by atoms with Gasteiger partial charge in [-0.05, 0) is 16.7 Å². The average molecular weight is 312 g/mol. The fraction of sp³-hybridized carbons (Fsp3) is 0.118. The third kappa shape index (κ3) is 6.01. The molecular formula is C17H16N2O4. The lowest BCUT2D eigenvalue weighted by molar-refractivity contribution is -0.136. The quantitative estimate of drug-likeness (QED) is 0.634. The van der Waals surface area contributed by atoms with Crippen molar-refractivity contribution in [3.05, 3.63) is 71.3 Å². The maximum atomic E-state index is 11.5. The molecule has 0 aliphatic carbocycles. The number of carboxylic acids is 1. The smallest absolute Gasteiger partial charge is 0.428 e. The van der Waals surface area contributed by atoms with Crippen LogP contribution in [0.4, 0.5) is 4.79 Å². The second-order valence-corrected chi connectivity index (χ2v) is 4.74. The van der Waals surface area contributed by atoms with E-state index in [9.17, 15) is 9.59 Å². The predicted octanol–water partition coefficient (Wildman–Crippen LogP) is 2.57. The number of hydrazone groups is 1. The van der Waals surface area contributed by atoms with E-state index in [1.165, 1.54) is 6.21 Å². The SMILES string of the molecule is O=C(O)Cc1ccc(C=NNC(=O)OCc2ccccc2)cc1. The molecule has 0 unspecified atom stereocenters. The molecule has 0 radical (unpaired) electrons. The van der Waals surface area contributed by atoms with Crippen molar-refractivity contribution in [2.24, 2.45) is 5.10 Å². The standard InChI is InChI=1S/C17H16N2O4/c20-16(21)10-13-6-8-14(9-7-13)11-18-19-17(22)23-12-15-4-2-1-3-5-15/h1-9,11H,10,12H2,(H,19,22)(H,20,21). The second-order valence-electron chi connectivity index (χ2n) is 4.74. The van der Waals surface area contributed by atoms with Gasteiger partial charge in [0.2, 0.25) is 0 Å².